The van der Waals surface area contributed by atoms with Crippen molar-refractivity contribution in [3.05, 3.63) is 36.2 Å². The molecule has 1 saturated carbocycles. The van der Waals surface area contributed by atoms with E-state index in [0.717, 1.165) is 66.3 Å². The van der Waals surface area contributed by atoms with Crippen molar-refractivity contribution in [3.8, 4) is 6.07 Å². The van der Waals surface area contributed by atoms with Gasteiger partial charge in [0.15, 0.2) is 5.82 Å². The van der Waals surface area contributed by atoms with Gasteiger partial charge in [-0.1, -0.05) is 0 Å². The summed E-state index contributed by atoms with van der Waals surface area (Å²) < 4.78 is 0. The summed E-state index contributed by atoms with van der Waals surface area (Å²) in [5.41, 5.74) is 1.89. The van der Waals surface area contributed by atoms with Gasteiger partial charge in [-0.25, -0.2) is 4.98 Å². The van der Waals surface area contributed by atoms with Crippen molar-refractivity contribution in [1.82, 2.24) is 25.5 Å². The van der Waals surface area contributed by atoms with Gasteiger partial charge in [0.25, 0.3) is 0 Å². The average molecular weight is 390 g/mol. The standard InChI is InChI=1S/C21H26N8/c1-14-12-20(29-28-14)26-19-13-18-17(4-2-10-24-18)21(27-19)25-16-7-5-15(6-8-16)23-11-3-9-22/h2,4,10,12-13,15-16,23H,3,5-8,11H2,1H3,(H3,25,26,27,28,29)/t15-,16-. The highest BCUT2D eigenvalue weighted by molar-refractivity contribution is 5.91. The second kappa shape index (κ2) is 8.88. The van der Waals surface area contributed by atoms with Gasteiger partial charge in [0.05, 0.1) is 11.6 Å². The quantitative estimate of drug-likeness (QED) is 0.455. The Morgan fingerprint density at radius 1 is 1.17 bits per heavy atom. The van der Waals surface area contributed by atoms with Crippen molar-refractivity contribution in [2.75, 3.05) is 17.2 Å². The third kappa shape index (κ3) is 4.81. The van der Waals surface area contributed by atoms with Crippen LogP contribution in [0.5, 0.6) is 0 Å². The summed E-state index contributed by atoms with van der Waals surface area (Å²) in [6.07, 6.45) is 6.71. The van der Waals surface area contributed by atoms with E-state index in [4.69, 9.17) is 10.2 Å². The second-order valence-corrected chi connectivity index (χ2v) is 7.54. The molecule has 4 N–H and O–H groups in total. The molecule has 0 saturated heterocycles. The Kier molecular flexibility index (Phi) is 5.86. The van der Waals surface area contributed by atoms with Crippen LogP contribution in [-0.2, 0) is 0 Å². The molecule has 1 fully saturated rings. The van der Waals surface area contributed by atoms with Crippen LogP contribution < -0.4 is 16.0 Å². The molecule has 3 aromatic heterocycles. The van der Waals surface area contributed by atoms with Gasteiger partial charge in [0.1, 0.15) is 11.6 Å². The monoisotopic (exact) mass is 390 g/mol. The van der Waals surface area contributed by atoms with E-state index in [1.54, 1.807) is 6.20 Å². The SMILES string of the molecule is Cc1cc(Nc2cc3ncccc3c(N[C@H]3CC[C@H](NCCC#N)CC3)n2)n[nH]1. The van der Waals surface area contributed by atoms with Crippen LogP contribution in [0, 0.1) is 18.3 Å². The predicted molar refractivity (Wildman–Crippen MR) is 114 cm³/mol. The highest BCUT2D eigenvalue weighted by atomic mass is 15.2. The van der Waals surface area contributed by atoms with Gasteiger partial charge in [-0.2, -0.15) is 10.4 Å². The Hall–Kier alpha value is -3.18. The number of rotatable bonds is 7. The Morgan fingerprint density at radius 3 is 2.76 bits per heavy atom. The van der Waals surface area contributed by atoms with Crippen LogP contribution in [0.4, 0.5) is 17.5 Å². The van der Waals surface area contributed by atoms with Crippen LogP contribution >= 0.6 is 0 Å². The fraction of sp³-hybridized carbons (Fsp3) is 0.429. The van der Waals surface area contributed by atoms with E-state index in [1.165, 1.54) is 0 Å². The number of fused-ring (bicyclic) bond motifs is 1. The Morgan fingerprint density at radius 2 is 2.00 bits per heavy atom. The third-order valence-electron chi connectivity index (χ3n) is 5.30. The van der Waals surface area contributed by atoms with Crippen molar-refractivity contribution < 1.29 is 0 Å². The minimum absolute atomic E-state index is 0.378. The lowest BCUT2D eigenvalue weighted by molar-refractivity contribution is 0.356. The van der Waals surface area contributed by atoms with Gasteiger partial charge in [-0.3, -0.25) is 10.1 Å². The van der Waals surface area contributed by atoms with Gasteiger partial charge in [0.2, 0.25) is 0 Å². The summed E-state index contributed by atoms with van der Waals surface area (Å²) in [5.74, 6) is 2.31. The number of aryl methyl sites for hydroxylation is 1. The number of aromatic amines is 1. The topological polar surface area (TPSA) is 114 Å². The molecule has 29 heavy (non-hydrogen) atoms. The fourth-order valence-corrected chi connectivity index (χ4v) is 3.83. The molecule has 1 aliphatic carbocycles. The summed E-state index contributed by atoms with van der Waals surface area (Å²) in [7, 11) is 0. The van der Waals surface area contributed by atoms with E-state index in [2.05, 4.69) is 43.3 Å². The summed E-state index contributed by atoms with van der Waals surface area (Å²) in [6, 6.07) is 10.9. The van der Waals surface area contributed by atoms with Gasteiger partial charge in [-0.15, -0.1) is 0 Å². The summed E-state index contributed by atoms with van der Waals surface area (Å²) in [5, 5.41) is 27.2. The van der Waals surface area contributed by atoms with E-state index < -0.39 is 0 Å². The maximum atomic E-state index is 8.68. The molecule has 0 aromatic carbocycles. The van der Waals surface area contributed by atoms with E-state index in [0.29, 0.717) is 18.5 Å². The molecule has 0 spiro atoms. The zero-order valence-electron chi connectivity index (χ0n) is 16.6. The molecule has 0 amide bonds. The zero-order valence-corrected chi connectivity index (χ0v) is 16.6. The van der Waals surface area contributed by atoms with E-state index in [9.17, 15) is 0 Å². The number of anilines is 3. The molecule has 8 nitrogen and oxygen atoms in total. The summed E-state index contributed by atoms with van der Waals surface area (Å²) >= 11 is 0. The Balaban J connectivity index is 1.47. The molecule has 4 rings (SSSR count). The molecule has 0 unspecified atom stereocenters. The predicted octanol–water partition coefficient (Wildman–Crippen LogP) is 3.63. The van der Waals surface area contributed by atoms with Crippen LogP contribution in [0.15, 0.2) is 30.5 Å². The largest absolute Gasteiger partial charge is 0.367 e. The van der Waals surface area contributed by atoms with E-state index in [-0.39, 0.29) is 0 Å². The fourth-order valence-electron chi connectivity index (χ4n) is 3.83. The molecule has 0 radical (unpaired) electrons. The number of hydrogen-bond acceptors (Lipinski definition) is 7. The minimum atomic E-state index is 0.378. The molecular formula is C21H26N8. The molecular weight excluding hydrogens is 364 g/mol. The van der Waals surface area contributed by atoms with Crippen LogP contribution in [0.2, 0.25) is 0 Å². The van der Waals surface area contributed by atoms with Gasteiger partial charge >= 0.3 is 0 Å². The van der Waals surface area contributed by atoms with E-state index >= 15 is 0 Å². The second-order valence-electron chi connectivity index (χ2n) is 7.54. The molecule has 3 aromatic rings. The average Bonchev–Trinajstić information content (AvgIpc) is 3.14. The number of aromatic nitrogens is 4. The van der Waals surface area contributed by atoms with Gasteiger partial charge < -0.3 is 16.0 Å². The molecule has 0 aliphatic heterocycles. The van der Waals surface area contributed by atoms with E-state index in [1.807, 2.05) is 25.1 Å². The van der Waals surface area contributed by atoms with Crippen LogP contribution in [0.25, 0.3) is 10.9 Å². The van der Waals surface area contributed by atoms with Crippen molar-refractivity contribution in [1.29, 1.82) is 5.26 Å². The molecule has 1 aliphatic rings. The number of nitrogens with zero attached hydrogens (tertiary/aromatic N) is 4. The lowest BCUT2D eigenvalue weighted by atomic mass is 9.91. The Labute approximate surface area is 170 Å². The van der Waals surface area contributed by atoms with Crippen LogP contribution in [0.1, 0.15) is 37.8 Å². The maximum absolute atomic E-state index is 8.68. The third-order valence-corrected chi connectivity index (χ3v) is 5.30. The van der Waals surface area contributed by atoms with Crippen molar-refractivity contribution in [2.45, 2.75) is 51.1 Å². The number of pyridine rings is 2. The zero-order chi connectivity index (χ0) is 20.1. The first kappa shape index (κ1) is 19.2. The molecule has 0 atom stereocenters. The highest BCUT2D eigenvalue weighted by Gasteiger charge is 2.21. The highest BCUT2D eigenvalue weighted by Crippen LogP contribution is 2.28. The Bertz CT molecular complexity index is 997. The minimum Gasteiger partial charge on any atom is -0.367 e. The first-order valence-electron chi connectivity index (χ1n) is 10.1. The number of H-pyrrole nitrogens is 1. The number of nitrogens with one attached hydrogen (secondary N) is 4. The van der Waals surface area contributed by atoms with Crippen molar-refractivity contribution in [3.63, 3.8) is 0 Å². The molecule has 150 valence electrons. The van der Waals surface area contributed by atoms with Gasteiger partial charge in [0, 0.05) is 54.5 Å². The van der Waals surface area contributed by atoms with Gasteiger partial charge in [-0.05, 0) is 44.7 Å². The molecule has 3 heterocycles. The molecule has 8 heteroatoms. The number of nitriles is 1. The summed E-state index contributed by atoms with van der Waals surface area (Å²) in [4.78, 5) is 9.32. The number of hydrogen-bond donors (Lipinski definition) is 4. The first-order chi connectivity index (χ1) is 14.2. The normalized spacial score (nSPS) is 19.0. The molecule has 0 bridgehead atoms. The van der Waals surface area contributed by atoms with Crippen molar-refractivity contribution >= 4 is 28.4 Å². The lowest BCUT2D eigenvalue weighted by Gasteiger charge is -2.30. The maximum Gasteiger partial charge on any atom is 0.153 e. The van der Waals surface area contributed by atoms with Crippen LogP contribution in [-0.4, -0.2) is 38.8 Å². The summed E-state index contributed by atoms with van der Waals surface area (Å²) in [6.45, 7) is 2.74. The smallest absolute Gasteiger partial charge is 0.153 e. The van der Waals surface area contributed by atoms with Crippen molar-refractivity contribution in [2.24, 2.45) is 0 Å². The first-order valence-corrected chi connectivity index (χ1v) is 10.1. The van der Waals surface area contributed by atoms with Crippen LogP contribution in [0.3, 0.4) is 0 Å². The lowest BCUT2D eigenvalue weighted by Crippen LogP contribution is -2.37.